The van der Waals surface area contributed by atoms with Gasteiger partial charge in [-0.15, -0.1) is 0 Å². The Morgan fingerprint density at radius 3 is 2.28 bits per heavy atom. The Morgan fingerprint density at radius 1 is 1.00 bits per heavy atom. The number of ketones is 1. The number of carbonyl (C=O) groups is 4. The number of hydrogen-bond acceptors (Lipinski definition) is 6. The summed E-state index contributed by atoms with van der Waals surface area (Å²) in [5.41, 5.74) is 0.814. The van der Waals surface area contributed by atoms with E-state index in [0.29, 0.717) is 45.7 Å². The van der Waals surface area contributed by atoms with Gasteiger partial charge in [0.05, 0.1) is 13.2 Å². The maximum absolute atomic E-state index is 13.3. The first-order chi connectivity index (χ1) is 17.2. The van der Waals surface area contributed by atoms with Gasteiger partial charge in [0.1, 0.15) is 12.1 Å². The van der Waals surface area contributed by atoms with E-state index in [1.165, 1.54) is 0 Å². The number of nitrogens with one attached hydrogen (secondary N) is 3. The number of urea groups is 1. The van der Waals surface area contributed by atoms with Crippen molar-refractivity contribution >= 4 is 23.6 Å². The van der Waals surface area contributed by atoms with E-state index in [2.05, 4.69) is 16.0 Å². The van der Waals surface area contributed by atoms with Gasteiger partial charge < -0.3 is 30.5 Å². The van der Waals surface area contributed by atoms with Gasteiger partial charge in [-0.1, -0.05) is 44.2 Å². The first kappa shape index (κ1) is 29.3. The zero-order chi connectivity index (χ0) is 26.5. The average Bonchev–Trinajstić information content (AvgIpc) is 2.85. The number of nitrogens with zero attached hydrogens (tertiary/aromatic N) is 2. The van der Waals surface area contributed by atoms with Crippen LogP contribution in [-0.4, -0.2) is 99.0 Å². The van der Waals surface area contributed by atoms with E-state index in [1.54, 1.807) is 4.90 Å². The summed E-state index contributed by atoms with van der Waals surface area (Å²) >= 11 is 0. The van der Waals surface area contributed by atoms with E-state index < -0.39 is 29.7 Å². The smallest absolute Gasteiger partial charge is 0.318 e. The second-order valence-corrected chi connectivity index (χ2v) is 9.76. The van der Waals surface area contributed by atoms with Crippen LogP contribution in [0.5, 0.6) is 0 Å². The summed E-state index contributed by atoms with van der Waals surface area (Å²) in [7, 11) is 3.87. The van der Waals surface area contributed by atoms with Gasteiger partial charge in [-0.05, 0) is 45.0 Å². The normalized spacial score (nSPS) is 15.3. The van der Waals surface area contributed by atoms with Crippen LogP contribution in [0.25, 0.3) is 0 Å². The molecular formula is C26H41N5O5. The first-order valence-corrected chi connectivity index (χ1v) is 12.6. The number of rotatable bonds is 13. The lowest BCUT2D eigenvalue weighted by Crippen LogP contribution is -2.57. The van der Waals surface area contributed by atoms with Gasteiger partial charge >= 0.3 is 6.03 Å². The summed E-state index contributed by atoms with van der Waals surface area (Å²) < 4.78 is 5.29. The molecule has 0 unspecified atom stereocenters. The Hall–Kier alpha value is -2.98. The predicted octanol–water partition coefficient (Wildman–Crippen LogP) is 0.807. The number of ether oxygens (including phenoxy) is 1. The van der Waals surface area contributed by atoms with Crippen molar-refractivity contribution in [1.82, 2.24) is 25.8 Å². The maximum Gasteiger partial charge on any atom is 0.318 e. The van der Waals surface area contributed by atoms with Crippen molar-refractivity contribution in [3.05, 3.63) is 35.9 Å². The third kappa shape index (κ3) is 10.3. The molecule has 4 amide bonds. The van der Waals surface area contributed by atoms with Crippen LogP contribution in [0.4, 0.5) is 4.79 Å². The fourth-order valence-corrected chi connectivity index (χ4v) is 3.88. The molecular weight excluding hydrogens is 462 g/mol. The maximum atomic E-state index is 13.3. The topological polar surface area (TPSA) is 120 Å². The van der Waals surface area contributed by atoms with E-state index in [9.17, 15) is 19.2 Å². The number of Topliss-reactive ketones (excluding diaryl/α,β-unsaturated/α-hetero) is 1. The third-order valence-corrected chi connectivity index (χ3v) is 5.83. The van der Waals surface area contributed by atoms with Crippen molar-refractivity contribution in [2.75, 3.05) is 53.5 Å². The second kappa shape index (κ2) is 15.2. The van der Waals surface area contributed by atoms with Crippen molar-refractivity contribution < 1.29 is 23.9 Å². The number of hydrogen-bond donors (Lipinski definition) is 3. The second-order valence-electron chi connectivity index (χ2n) is 9.76. The van der Waals surface area contributed by atoms with E-state index in [-0.39, 0.29) is 18.4 Å². The largest absolute Gasteiger partial charge is 0.378 e. The Kier molecular flexibility index (Phi) is 12.4. The molecule has 1 aromatic rings. The minimum absolute atomic E-state index is 0.119. The highest BCUT2D eigenvalue weighted by atomic mass is 16.5. The van der Waals surface area contributed by atoms with E-state index in [4.69, 9.17) is 4.74 Å². The number of amides is 4. The Bertz CT molecular complexity index is 856. The summed E-state index contributed by atoms with van der Waals surface area (Å²) in [4.78, 5) is 55.4. The highest BCUT2D eigenvalue weighted by Crippen LogP contribution is 2.10. The summed E-state index contributed by atoms with van der Waals surface area (Å²) in [6.45, 7) is 6.84. The molecule has 36 heavy (non-hydrogen) atoms. The molecule has 3 N–H and O–H groups in total. The van der Waals surface area contributed by atoms with Crippen LogP contribution < -0.4 is 16.0 Å². The number of benzene rings is 1. The highest BCUT2D eigenvalue weighted by Gasteiger charge is 2.31. The lowest BCUT2D eigenvalue weighted by atomic mass is 9.99. The Balaban J connectivity index is 2.11. The lowest BCUT2D eigenvalue weighted by Gasteiger charge is -2.30. The minimum Gasteiger partial charge on any atom is -0.378 e. The third-order valence-electron chi connectivity index (χ3n) is 5.83. The van der Waals surface area contributed by atoms with Crippen molar-refractivity contribution in [1.29, 1.82) is 0 Å². The fraction of sp³-hybridized carbons (Fsp3) is 0.615. The molecule has 1 aliphatic heterocycles. The van der Waals surface area contributed by atoms with Crippen LogP contribution in [0.1, 0.15) is 32.3 Å². The lowest BCUT2D eigenvalue weighted by molar-refractivity contribution is -0.140. The molecule has 200 valence electrons. The standard InChI is InChI=1S/C26H41N5O5/c1-19(2)17-22(29-26(35)31-13-15-36-16-14-31)24(33)28-21(18-20-9-6-5-7-10-20)23(32)25(34)27-11-8-12-30(3)4/h5-7,9-10,19,21-22H,8,11-18H2,1-4H3,(H,27,34)(H,28,33)(H,29,35)/t21-,22-/m0/s1. The van der Waals surface area contributed by atoms with Gasteiger partial charge in [0.25, 0.3) is 5.91 Å². The SMILES string of the molecule is CC(C)C[C@H](NC(=O)N1CCOCC1)C(=O)N[C@@H](Cc1ccccc1)C(=O)C(=O)NCCCN(C)C. The molecule has 10 heteroatoms. The molecule has 0 radical (unpaired) electrons. The minimum atomic E-state index is -1.05. The average molecular weight is 504 g/mol. The summed E-state index contributed by atoms with van der Waals surface area (Å²) in [6.07, 6.45) is 1.26. The first-order valence-electron chi connectivity index (χ1n) is 12.6. The zero-order valence-corrected chi connectivity index (χ0v) is 21.9. The van der Waals surface area contributed by atoms with Gasteiger partial charge in [0.15, 0.2) is 0 Å². The quantitative estimate of drug-likeness (QED) is 0.271. The van der Waals surface area contributed by atoms with Gasteiger partial charge in [-0.2, -0.15) is 0 Å². The van der Waals surface area contributed by atoms with Crippen molar-refractivity contribution in [2.45, 2.75) is 45.2 Å². The molecule has 2 rings (SSSR count). The van der Waals surface area contributed by atoms with Gasteiger partial charge in [-0.25, -0.2) is 4.79 Å². The molecule has 1 fully saturated rings. The van der Waals surface area contributed by atoms with Crippen molar-refractivity contribution in [3.63, 3.8) is 0 Å². The number of carbonyl (C=O) groups excluding carboxylic acids is 4. The molecule has 1 heterocycles. The van der Waals surface area contributed by atoms with E-state index in [0.717, 1.165) is 12.1 Å². The summed E-state index contributed by atoms with van der Waals surface area (Å²) in [5, 5.41) is 8.22. The molecule has 0 bridgehead atoms. The van der Waals surface area contributed by atoms with Crippen molar-refractivity contribution in [3.8, 4) is 0 Å². The Labute approximate surface area is 214 Å². The zero-order valence-electron chi connectivity index (χ0n) is 21.9. The summed E-state index contributed by atoms with van der Waals surface area (Å²) in [6, 6.07) is 6.98. The molecule has 0 spiro atoms. The van der Waals surface area contributed by atoms with Gasteiger partial charge in [-0.3, -0.25) is 14.4 Å². The predicted molar refractivity (Wildman–Crippen MR) is 137 cm³/mol. The van der Waals surface area contributed by atoms with Crippen LogP contribution in [0.2, 0.25) is 0 Å². The van der Waals surface area contributed by atoms with E-state index in [1.807, 2.05) is 63.2 Å². The monoisotopic (exact) mass is 503 g/mol. The molecule has 2 atom stereocenters. The molecule has 1 saturated heterocycles. The van der Waals surface area contributed by atoms with E-state index >= 15 is 0 Å². The molecule has 1 aliphatic rings. The van der Waals surface area contributed by atoms with Crippen LogP contribution >= 0.6 is 0 Å². The number of morpholine rings is 1. The van der Waals surface area contributed by atoms with Gasteiger partial charge in [0.2, 0.25) is 11.7 Å². The van der Waals surface area contributed by atoms with Crippen LogP contribution in [0.15, 0.2) is 30.3 Å². The Morgan fingerprint density at radius 2 is 1.67 bits per heavy atom. The van der Waals surface area contributed by atoms with Crippen LogP contribution in [0, 0.1) is 5.92 Å². The molecule has 0 aliphatic carbocycles. The highest BCUT2D eigenvalue weighted by molar-refractivity contribution is 6.38. The van der Waals surface area contributed by atoms with Crippen LogP contribution in [0.3, 0.4) is 0 Å². The molecule has 0 aromatic heterocycles. The van der Waals surface area contributed by atoms with Crippen LogP contribution in [-0.2, 0) is 25.5 Å². The molecule has 1 aromatic carbocycles. The van der Waals surface area contributed by atoms with Gasteiger partial charge in [0, 0.05) is 26.1 Å². The molecule has 10 nitrogen and oxygen atoms in total. The fourth-order valence-electron chi connectivity index (χ4n) is 3.88. The molecule has 0 saturated carbocycles. The summed E-state index contributed by atoms with van der Waals surface area (Å²) in [5.74, 6) is -1.80. The van der Waals surface area contributed by atoms with Crippen molar-refractivity contribution in [2.24, 2.45) is 5.92 Å².